The van der Waals surface area contributed by atoms with Gasteiger partial charge < -0.3 is 5.32 Å². The maximum absolute atomic E-state index is 12.5. The van der Waals surface area contributed by atoms with Crippen LogP contribution >= 0.6 is 0 Å². The highest BCUT2D eigenvalue weighted by molar-refractivity contribution is 5.90. The smallest absolute Gasteiger partial charge is 0.225 e. The van der Waals surface area contributed by atoms with E-state index in [-0.39, 0.29) is 5.91 Å². The second-order valence-electron chi connectivity index (χ2n) is 8.23. The van der Waals surface area contributed by atoms with Crippen LogP contribution in [0.5, 0.6) is 0 Å². The molecule has 0 atom stereocenters. The molecule has 1 fully saturated rings. The van der Waals surface area contributed by atoms with Gasteiger partial charge in [0.2, 0.25) is 5.91 Å². The average Bonchev–Trinajstić information content (AvgIpc) is 3.19. The van der Waals surface area contributed by atoms with Crippen LogP contribution < -0.4 is 5.32 Å². The van der Waals surface area contributed by atoms with Gasteiger partial charge in [0, 0.05) is 24.7 Å². The number of aromatic nitrogens is 4. The van der Waals surface area contributed by atoms with Crippen LogP contribution in [0.1, 0.15) is 75.4 Å². The fourth-order valence-electron chi connectivity index (χ4n) is 4.09. The molecule has 0 aliphatic heterocycles. The van der Waals surface area contributed by atoms with Crippen LogP contribution in [0, 0.1) is 19.8 Å². The second kappa shape index (κ2) is 8.72. The predicted octanol–water partition coefficient (Wildman–Crippen LogP) is 4.43. The molecule has 0 spiro atoms. The normalized spacial score (nSPS) is 15.4. The van der Waals surface area contributed by atoms with E-state index >= 15 is 0 Å². The molecule has 0 aromatic carbocycles. The molecule has 3 rings (SSSR count). The maximum Gasteiger partial charge on any atom is 0.225 e. The van der Waals surface area contributed by atoms with Gasteiger partial charge in [0.15, 0.2) is 0 Å². The largest absolute Gasteiger partial charge is 0.311 e. The van der Waals surface area contributed by atoms with E-state index in [9.17, 15) is 4.79 Å². The Morgan fingerprint density at radius 2 is 2.00 bits per heavy atom. The van der Waals surface area contributed by atoms with Gasteiger partial charge in [0.05, 0.1) is 17.9 Å². The zero-order valence-corrected chi connectivity index (χ0v) is 17.2. The Labute approximate surface area is 162 Å². The summed E-state index contributed by atoms with van der Waals surface area (Å²) in [5.74, 6) is 1.43. The molecule has 27 heavy (non-hydrogen) atoms. The third-order valence-corrected chi connectivity index (χ3v) is 5.53. The summed E-state index contributed by atoms with van der Waals surface area (Å²) >= 11 is 0. The van der Waals surface area contributed by atoms with E-state index in [0.717, 1.165) is 37.3 Å². The summed E-state index contributed by atoms with van der Waals surface area (Å²) in [7, 11) is 0. The summed E-state index contributed by atoms with van der Waals surface area (Å²) < 4.78 is 4.08. The van der Waals surface area contributed by atoms with E-state index < -0.39 is 0 Å². The SMILES string of the molecule is Cc1nn(CC(C)C)c(C)c1CCC(=O)Nc1ccnn1C1CCCCC1. The maximum atomic E-state index is 12.5. The highest BCUT2D eigenvalue weighted by Gasteiger charge is 2.19. The number of carbonyl (C=O) groups excluding carboxylic acids is 1. The van der Waals surface area contributed by atoms with Crippen molar-refractivity contribution in [1.82, 2.24) is 19.6 Å². The molecule has 6 nitrogen and oxygen atoms in total. The van der Waals surface area contributed by atoms with E-state index in [0.29, 0.717) is 18.4 Å². The van der Waals surface area contributed by atoms with E-state index in [1.165, 1.54) is 30.5 Å². The number of hydrogen-bond donors (Lipinski definition) is 1. The van der Waals surface area contributed by atoms with Crippen LogP contribution in [-0.2, 0) is 17.8 Å². The lowest BCUT2D eigenvalue weighted by Crippen LogP contribution is -2.20. The van der Waals surface area contributed by atoms with E-state index in [2.05, 4.69) is 41.0 Å². The minimum Gasteiger partial charge on any atom is -0.311 e. The van der Waals surface area contributed by atoms with Crippen molar-refractivity contribution in [2.45, 2.75) is 85.2 Å². The number of hydrogen-bond acceptors (Lipinski definition) is 3. The Bertz CT molecular complexity index is 768. The molecule has 2 aromatic heterocycles. The summed E-state index contributed by atoms with van der Waals surface area (Å²) in [5.41, 5.74) is 3.42. The highest BCUT2D eigenvalue weighted by Crippen LogP contribution is 2.30. The van der Waals surface area contributed by atoms with Crippen molar-refractivity contribution in [3.8, 4) is 0 Å². The van der Waals surface area contributed by atoms with Gasteiger partial charge in [-0.3, -0.25) is 9.48 Å². The Morgan fingerprint density at radius 1 is 1.26 bits per heavy atom. The molecule has 1 amide bonds. The lowest BCUT2D eigenvalue weighted by Gasteiger charge is -2.23. The number of carbonyl (C=O) groups is 1. The van der Waals surface area contributed by atoms with Gasteiger partial charge in [-0.15, -0.1) is 0 Å². The Morgan fingerprint density at radius 3 is 2.70 bits per heavy atom. The van der Waals surface area contributed by atoms with Crippen LogP contribution in [0.2, 0.25) is 0 Å². The van der Waals surface area contributed by atoms with Gasteiger partial charge in [-0.2, -0.15) is 10.2 Å². The van der Waals surface area contributed by atoms with Crippen LogP contribution in [0.3, 0.4) is 0 Å². The number of aryl methyl sites for hydroxylation is 1. The van der Waals surface area contributed by atoms with Crippen LogP contribution in [-0.4, -0.2) is 25.5 Å². The number of nitrogens with zero attached hydrogens (tertiary/aromatic N) is 4. The minimum absolute atomic E-state index is 0.0444. The fraction of sp³-hybridized carbons (Fsp3) is 0.667. The average molecular weight is 372 g/mol. The van der Waals surface area contributed by atoms with Crippen LogP contribution in [0.4, 0.5) is 5.82 Å². The lowest BCUT2D eigenvalue weighted by atomic mass is 9.96. The summed E-state index contributed by atoms with van der Waals surface area (Å²) in [5, 5.41) is 12.2. The van der Waals surface area contributed by atoms with Crippen LogP contribution in [0.15, 0.2) is 12.3 Å². The molecule has 2 heterocycles. The first-order valence-electron chi connectivity index (χ1n) is 10.3. The first kappa shape index (κ1) is 19.6. The van der Waals surface area contributed by atoms with E-state index in [1.54, 1.807) is 6.20 Å². The fourth-order valence-corrected chi connectivity index (χ4v) is 4.09. The highest BCUT2D eigenvalue weighted by atomic mass is 16.1. The standard InChI is InChI=1S/C21H33N5O/c1-15(2)14-25-17(4)19(16(3)24-25)10-11-21(27)23-20-12-13-22-26(20)18-8-6-5-7-9-18/h12-13,15,18H,5-11,14H2,1-4H3,(H,23,27). The van der Waals surface area contributed by atoms with Crippen molar-refractivity contribution in [3.05, 3.63) is 29.2 Å². The van der Waals surface area contributed by atoms with Gasteiger partial charge in [0.1, 0.15) is 5.82 Å². The van der Waals surface area contributed by atoms with Crippen molar-refractivity contribution >= 4 is 11.7 Å². The molecule has 0 unspecified atom stereocenters. The monoisotopic (exact) mass is 371 g/mol. The van der Waals surface area contributed by atoms with E-state index in [1.807, 2.05) is 17.7 Å². The van der Waals surface area contributed by atoms with Gasteiger partial charge in [-0.05, 0) is 44.6 Å². The molecule has 0 saturated heterocycles. The minimum atomic E-state index is 0.0444. The third-order valence-electron chi connectivity index (χ3n) is 5.53. The molecule has 0 bridgehead atoms. The Balaban J connectivity index is 1.60. The van der Waals surface area contributed by atoms with Crippen molar-refractivity contribution in [3.63, 3.8) is 0 Å². The van der Waals surface area contributed by atoms with Gasteiger partial charge in [0.25, 0.3) is 0 Å². The van der Waals surface area contributed by atoms with Gasteiger partial charge >= 0.3 is 0 Å². The van der Waals surface area contributed by atoms with Crippen LogP contribution in [0.25, 0.3) is 0 Å². The molecule has 2 aromatic rings. The molecule has 1 saturated carbocycles. The topological polar surface area (TPSA) is 64.7 Å². The molecule has 1 aliphatic rings. The Hall–Kier alpha value is -2.11. The molecule has 1 N–H and O–H groups in total. The molecular weight excluding hydrogens is 338 g/mol. The second-order valence-corrected chi connectivity index (χ2v) is 8.23. The molecule has 148 valence electrons. The molecule has 0 radical (unpaired) electrons. The zero-order valence-electron chi connectivity index (χ0n) is 17.2. The van der Waals surface area contributed by atoms with Crippen molar-refractivity contribution < 1.29 is 4.79 Å². The first-order valence-corrected chi connectivity index (χ1v) is 10.3. The van der Waals surface area contributed by atoms with Crippen molar-refractivity contribution in [1.29, 1.82) is 0 Å². The zero-order chi connectivity index (χ0) is 19.4. The summed E-state index contributed by atoms with van der Waals surface area (Å²) in [6, 6.07) is 2.33. The Kier molecular flexibility index (Phi) is 6.34. The summed E-state index contributed by atoms with van der Waals surface area (Å²) in [4.78, 5) is 12.5. The number of amides is 1. The third kappa shape index (κ3) is 4.79. The van der Waals surface area contributed by atoms with E-state index in [4.69, 9.17) is 0 Å². The van der Waals surface area contributed by atoms with Gasteiger partial charge in [-0.1, -0.05) is 33.1 Å². The quantitative estimate of drug-likeness (QED) is 0.783. The number of anilines is 1. The van der Waals surface area contributed by atoms with Crippen molar-refractivity contribution in [2.75, 3.05) is 5.32 Å². The number of rotatable bonds is 7. The first-order chi connectivity index (χ1) is 13.0. The summed E-state index contributed by atoms with van der Waals surface area (Å²) in [6.07, 6.45) is 9.07. The summed E-state index contributed by atoms with van der Waals surface area (Å²) in [6.45, 7) is 9.44. The lowest BCUT2D eigenvalue weighted by molar-refractivity contribution is -0.116. The van der Waals surface area contributed by atoms with Gasteiger partial charge in [-0.25, -0.2) is 4.68 Å². The molecule has 6 heteroatoms. The number of nitrogens with one attached hydrogen (secondary N) is 1. The molecule has 1 aliphatic carbocycles. The predicted molar refractivity (Wildman–Crippen MR) is 108 cm³/mol. The van der Waals surface area contributed by atoms with Crippen molar-refractivity contribution in [2.24, 2.45) is 5.92 Å². The molecular formula is C21H33N5O.